The van der Waals surface area contributed by atoms with Crippen molar-refractivity contribution in [1.29, 1.82) is 0 Å². The van der Waals surface area contributed by atoms with Crippen molar-refractivity contribution < 1.29 is 14.6 Å². The molecule has 30 heavy (non-hydrogen) atoms. The summed E-state index contributed by atoms with van der Waals surface area (Å²) in [6.07, 6.45) is 13.5. The van der Waals surface area contributed by atoms with E-state index in [9.17, 15) is 5.11 Å². The fourth-order valence-corrected chi connectivity index (χ4v) is 9.66. The van der Waals surface area contributed by atoms with E-state index in [1.54, 1.807) is 5.57 Å². The van der Waals surface area contributed by atoms with Gasteiger partial charge in [0, 0.05) is 12.3 Å². The molecule has 11 atom stereocenters. The molecule has 3 saturated carbocycles. The van der Waals surface area contributed by atoms with E-state index in [4.69, 9.17) is 9.47 Å². The highest BCUT2D eigenvalue weighted by molar-refractivity contribution is 5.26. The molecule has 1 spiro atoms. The number of allylic oxidation sites excluding steroid dienone is 1. The van der Waals surface area contributed by atoms with Crippen LogP contribution in [-0.2, 0) is 9.47 Å². The average molecular weight is 415 g/mol. The number of rotatable bonds is 0. The Labute approximate surface area is 183 Å². The van der Waals surface area contributed by atoms with Crippen LogP contribution in [-0.4, -0.2) is 29.7 Å². The van der Waals surface area contributed by atoms with Gasteiger partial charge in [-0.1, -0.05) is 39.3 Å². The maximum atomic E-state index is 10.3. The molecule has 3 heteroatoms. The van der Waals surface area contributed by atoms with E-state index >= 15 is 0 Å². The Morgan fingerprint density at radius 3 is 2.63 bits per heavy atom. The van der Waals surface area contributed by atoms with Crippen LogP contribution in [0.1, 0.15) is 85.5 Å². The van der Waals surface area contributed by atoms with Crippen LogP contribution in [0.4, 0.5) is 0 Å². The number of hydrogen-bond acceptors (Lipinski definition) is 3. The lowest BCUT2D eigenvalue weighted by molar-refractivity contribution is -0.272. The first-order valence-electron chi connectivity index (χ1n) is 13.0. The molecule has 5 fully saturated rings. The van der Waals surface area contributed by atoms with Crippen molar-refractivity contribution in [2.75, 3.05) is 6.61 Å². The third-order valence-corrected chi connectivity index (χ3v) is 11.3. The molecule has 0 amide bonds. The molecule has 6 aliphatic rings. The molecule has 2 aliphatic heterocycles. The molecule has 1 N–H and O–H groups in total. The van der Waals surface area contributed by atoms with Gasteiger partial charge >= 0.3 is 0 Å². The van der Waals surface area contributed by atoms with Crippen LogP contribution in [0.2, 0.25) is 0 Å². The molecule has 2 heterocycles. The van der Waals surface area contributed by atoms with E-state index in [0.29, 0.717) is 34.7 Å². The highest BCUT2D eigenvalue weighted by atomic mass is 16.7. The number of hydrogen-bond donors (Lipinski definition) is 1. The van der Waals surface area contributed by atoms with Gasteiger partial charge < -0.3 is 14.6 Å². The summed E-state index contributed by atoms with van der Waals surface area (Å²) < 4.78 is 13.3. The molecule has 0 aromatic heterocycles. The van der Waals surface area contributed by atoms with E-state index in [1.807, 2.05) is 0 Å². The van der Waals surface area contributed by atoms with Gasteiger partial charge in [0.05, 0.1) is 18.8 Å². The molecule has 0 aromatic rings. The highest BCUT2D eigenvalue weighted by Gasteiger charge is 2.68. The molecule has 168 valence electrons. The monoisotopic (exact) mass is 414 g/mol. The summed E-state index contributed by atoms with van der Waals surface area (Å²) in [6, 6.07) is 0. The summed E-state index contributed by atoms with van der Waals surface area (Å²) >= 11 is 0. The summed E-state index contributed by atoms with van der Waals surface area (Å²) in [5.74, 6) is 3.94. The van der Waals surface area contributed by atoms with Crippen molar-refractivity contribution in [2.24, 2.45) is 46.3 Å². The predicted molar refractivity (Wildman–Crippen MR) is 118 cm³/mol. The first-order chi connectivity index (χ1) is 14.3. The Bertz CT molecular complexity index is 736. The second-order valence-electron chi connectivity index (χ2n) is 12.7. The molecular formula is C27H42O3. The normalized spacial score (nSPS) is 59.8. The van der Waals surface area contributed by atoms with Gasteiger partial charge in [0.15, 0.2) is 5.79 Å². The first-order valence-corrected chi connectivity index (χ1v) is 13.0. The molecule has 4 aliphatic carbocycles. The average Bonchev–Trinajstić information content (AvgIpc) is 3.16. The summed E-state index contributed by atoms with van der Waals surface area (Å²) in [5, 5.41) is 10.3. The van der Waals surface area contributed by atoms with E-state index in [2.05, 4.69) is 33.8 Å². The Morgan fingerprint density at radius 2 is 1.87 bits per heavy atom. The van der Waals surface area contributed by atoms with E-state index in [0.717, 1.165) is 43.6 Å². The molecule has 0 unspecified atom stereocenters. The van der Waals surface area contributed by atoms with Crippen LogP contribution >= 0.6 is 0 Å². The smallest absolute Gasteiger partial charge is 0.171 e. The molecule has 0 aromatic carbocycles. The molecule has 0 radical (unpaired) electrons. The Balaban J connectivity index is 1.28. The van der Waals surface area contributed by atoms with Crippen molar-refractivity contribution >= 4 is 0 Å². The number of fused-ring (bicyclic) bond motifs is 7. The van der Waals surface area contributed by atoms with Gasteiger partial charge in [0.1, 0.15) is 0 Å². The second kappa shape index (κ2) is 6.58. The Hall–Kier alpha value is -0.380. The van der Waals surface area contributed by atoms with Crippen LogP contribution < -0.4 is 0 Å². The summed E-state index contributed by atoms with van der Waals surface area (Å²) in [6.45, 7) is 10.8. The quantitative estimate of drug-likeness (QED) is 0.516. The minimum atomic E-state index is -0.294. The van der Waals surface area contributed by atoms with Gasteiger partial charge in [-0.05, 0) is 91.8 Å². The summed E-state index contributed by atoms with van der Waals surface area (Å²) in [7, 11) is 0. The molecule has 3 nitrogen and oxygen atoms in total. The van der Waals surface area contributed by atoms with Crippen LogP contribution in [0.5, 0.6) is 0 Å². The number of ether oxygens (including phenoxy) is 2. The molecule has 2 saturated heterocycles. The van der Waals surface area contributed by atoms with Crippen LogP contribution in [0.3, 0.4) is 0 Å². The topological polar surface area (TPSA) is 38.7 Å². The largest absolute Gasteiger partial charge is 0.393 e. The zero-order valence-electron chi connectivity index (χ0n) is 19.5. The maximum Gasteiger partial charge on any atom is 0.171 e. The van der Waals surface area contributed by atoms with Crippen LogP contribution in [0, 0.1) is 46.3 Å². The van der Waals surface area contributed by atoms with Gasteiger partial charge in [-0.3, -0.25) is 0 Å². The fraction of sp³-hybridized carbons (Fsp3) is 0.926. The van der Waals surface area contributed by atoms with Gasteiger partial charge in [0.25, 0.3) is 0 Å². The van der Waals surface area contributed by atoms with Crippen molar-refractivity contribution in [3.63, 3.8) is 0 Å². The third-order valence-electron chi connectivity index (χ3n) is 11.3. The molecule has 0 bridgehead atoms. The number of aliphatic hydroxyl groups excluding tert-OH is 1. The SMILES string of the molecule is C[C@@H]1CC[C@]2(OC1)O[C@H]1C[C@H]3[C@@H]4CC=C5C[C@@H](O)CC[C@]5(C)[C@H]4CC[C@]3(C)[C@@H]1[C@@H]2C. The van der Waals surface area contributed by atoms with Crippen molar-refractivity contribution in [3.05, 3.63) is 11.6 Å². The van der Waals surface area contributed by atoms with Crippen molar-refractivity contribution in [2.45, 2.75) is 103 Å². The lowest BCUT2D eigenvalue weighted by Crippen LogP contribution is -2.52. The number of aliphatic hydroxyl groups is 1. The Morgan fingerprint density at radius 1 is 1.03 bits per heavy atom. The predicted octanol–water partition coefficient (Wildman–Crippen LogP) is 5.71. The maximum absolute atomic E-state index is 10.3. The van der Waals surface area contributed by atoms with Gasteiger partial charge in [0.2, 0.25) is 0 Å². The van der Waals surface area contributed by atoms with Gasteiger partial charge in [-0.15, -0.1) is 0 Å². The zero-order chi connectivity index (χ0) is 20.9. The zero-order valence-corrected chi connectivity index (χ0v) is 19.5. The van der Waals surface area contributed by atoms with Gasteiger partial charge in [-0.25, -0.2) is 0 Å². The highest BCUT2D eigenvalue weighted by Crippen LogP contribution is 2.70. The molecule has 6 rings (SSSR count). The molecular weight excluding hydrogens is 372 g/mol. The lowest BCUT2D eigenvalue weighted by Gasteiger charge is -2.58. The van der Waals surface area contributed by atoms with Crippen LogP contribution in [0.25, 0.3) is 0 Å². The minimum absolute atomic E-state index is 0.107. The fourth-order valence-electron chi connectivity index (χ4n) is 9.66. The second-order valence-corrected chi connectivity index (χ2v) is 12.7. The van der Waals surface area contributed by atoms with E-state index < -0.39 is 0 Å². The standard InChI is InChI=1S/C27H42O3/c1-16-7-12-27(29-15-16)17(2)24-23(30-27)14-22-20-6-5-18-13-19(28)8-10-25(18,3)21(20)9-11-26(22,24)4/h5,16-17,19-24,28H,6-15H2,1-4H3/t16-,17+,19+,20-,21+,22+,23+,24-,25+,26+,27+/m1/s1. The minimum Gasteiger partial charge on any atom is -0.393 e. The van der Waals surface area contributed by atoms with Crippen LogP contribution in [0.15, 0.2) is 11.6 Å². The summed E-state index contributed by atoms with van der Waals surface area (Å²) in [5.41, 5.74) is 2.31. The Kier molecular flexibility index (Phi) is 4.44. The van der Waals surface area contributed by atoms with Crippen molar-refractivity contribution in [3.8, 4) is 0 Å². The summed E-state index contributed by atoms with van der Waals surface area (Å²) in [4.78, 5) is 0. The lowest BCUT2D eigenvalue weighted by atomic mass is 9.47. The van der Waals surface area contributed by atoms with Gasteiger partial charge in [-0.2, -0.15) is 0 Å². The van der Waals surface area contributed by atoms with E-state index in [-0.39, 0.29) is 11.9 Å². The van der Waals surface area contributed by atoms with Crippen molar-refractivity contribution in [1.82, 2.24) is 0 Å². The first kappa shape index (κ1) is 20.2. The van der Waals surface area contributed by atoms with E-state index in [1.165, 1.54) is 38.5 Å². The third kappa shape index (κ3) is 2.55.